The highest BCUT2D eigenvalue weighted by Crippen LogP contribution is 2.29. The topological polar surface area (TPSA) is 50.7 Å². The number of carbonyl (C=O) groups is 1. The van der Waals surface area contributed by atoms with Gasteiger partial charge in [-0.2, -0.15) is 18.3 Å². The zero-order valence-electron chi connectivity index (χ0n) is 14.0. The van der Waals surface area contributed by atoms with E-state index in [1.165, 1.54) is 18.3 Å². The molecule has 2 aromatic carbocycles. The molecule has 0 atom stereocenters. The summed E-state index contributed by atoms with van der Waals surface area (Å²) in [6.07, 6.45) is -3.10. The Bertz CT molecular complexity index is 820. The minimum atomic E-state index is -4.51. The van der Waals surface area contributed by atoms with Gasteiger partial charge in [0.1, 0.15) is 5.75 Å². The Hall–Kier alpha value is -2.35. The summed E-state index contributed by atoms with van der Waals surface area (Å²) < 4.78 is 44.3. The van der Waals surface area contributed by atoms with Crippen LogP contribution in [0.2, 0.25) is 0 Å². The van der Waals surface area contributed by atoms with Gasteiger partial charge < -0.3 is 4.74 Å². The van der Waals surface area contributed by atoms with Crippen molar-refractivity contribution in [1.82, 2.24) is 5.43 Å². The number of hydrogen-bond acceptors (Lipinski definition) is 3. The summed E-state index contributed by atoms with van der Waals surface area (Å²) in [5.74, 6) is -0.0590. The van der Waals surface area contributed by atoms with Gasteiger partial charge in [-0.05, 0) is 71.7 Å². The number of nitrogens with one attached hydrogen (secondary N) is 1. The first kappa shape index (κ1) is 20.0. The van der Waals surface area contributed by atoms with Gasteiger partial charge in [0.05, 0.1) is 22.4 Å². The van der Waals surface area contributed by atoms with Crippen molar-refractivity contribution < 1.29 is 22.7 Å². The fourth-order valence-corrected chi connectivity index (χ4v) is 2.50. The van der Waals surface area contributed by atoms with E-state index in [-0.39, 0.29) is 11.7 Å². The first-order valence-corrected chi connectivity index (χ1v) is 8.43. The lowest BCUT2D eigenvalue weighted by Crippen LogP contribution is -2.18. The molecule has 0 bridgehead atoms. The fourth-order valence-electron chi connectivity index (χ4n) is 2.01. The minimum Gasteiger partial charge on any atom is -0.490 e. The first-order chi connectivity index (χ1) is 12.2. The Morgan fingerprint density at radius 2 is 1.96 bits per heavy atom. The molecule has 26 heavy (non-hydrogen) atoms. The molecule has 0 aliphatic carbocycles. The van der Waals surface area contributed by atoms with Crippen LogP contribution in [0.4, 0.5) is 13.2 Å². The smallest absolute Gasteiger partial charge is 0.416 e. The number of hydrogen-bond donors (Lipinski definition) is 1. The van der Waals surface area contributed by atoms with Crippen molar-refractivity contribution in [2.24, 2.45) is 5.10 Å². The van der Waals surface area contributed by atoms with Gasteiger partial charge in [0.25, 0.3) is 5.91 Å². The van der Waals surface area contributed by atoms with Crippen LogP contribution >= 0.6 is 15.9 Å². The maximum absolute atomic E-state index is 12.7. The number of halogens is 4. The SMILES string of the molecule is CC(C)Oc1ccc(/C=N\NC(=O)c2cccc(C(F)(F)F)c2)cc1Br. The Kier molecular flexibility index (Phi) is 6.42. The monoisotopic (exact) mass is 428 g/mol. The van der Waals surface area contributed by atoms with Gasteiger partial charge in [-0.25, -0.2) is 5.43 Å². The van der Waals surface area contributed by atoms with E-state index in [1.54, 1.807) is 18.2 Å². The number of hydrazone groups is 1. The molecule has 0 radical (unpaired) electrons. The Labute approximate surface area is 157 Å². The first-order valence-electron chi connectivity index (χ1n) is 7.63. The number of alkyl halides is 3. The maximum Gasteiger partial charge on any atom is 0.416 e. The van der Waals surface area contributed by atoms with Crippen molar-refractivity contribution in [3.63, 3.8) is 0 Å². The van der Waals surface area contributed by atoms with Crippen molar-refractivity contribution in [1.29, 1.82) is 0 Å². The summed E-state index contributed by atoms with van der Waals surface area (Å²) in [6, 6.07) is 9.37. The van der Waals surface area contributed by atoms with Crippen LogP contribution in [0, 0.1) is 0 Å². The highest BCUT2D eigenvalue weighted by atomic mass is 79.9. The highest BCUT2D eigenvalue weighted by Gasteiger charge is 2.30. The molecule has 1 amide bonds. The minimum absolute atomic E-state index is 0.0255. The largest absolute Gasteiger partial charge is 0.490 e. The zero-order valence-corrected chi connectivity index (χ0v) is 15.6. The second-order valence-corrected chi connectivity index (χ2v) is 6.49. The van der Waals surface area contributed by atoms with E-state index in [0.717, 1.165) is 16.6 Å². The molecule has 0 aliphatic heterocycles. The van der Waals surface area contributed by atoms with Crippen LogP contribution in [-0.4, -0.2) is 18.2 Å². The van der Waals surface area contributed by atoms with Gasteiger partial charge in [0.15, 0.2) is 0 Å². The summed E-state index contributed by atoms with van der Waals surface area (Å²) in [6.45, 7) is 3.82. The molecule has 0 aromatic heterocycles. The number of amides is 1. The molecule has 0 heterocycles. The van der Waals surface area contributed by atoms with E-state index < -0.39 is 17.6 Å². The van der Waals surface area contributed by atoms with E-state index in [4.69, 9.17) is 4.74 Å². The van der Waals surface area contributed by atoms with Crippen LogP contribution in [0.25, 0.3) is 0 Å². The van der Waals surface area contributed by atoms with E-state index in [2.05, 4.69) is 26.5 Å². The predicted molar refractivity (Wildman–Crippen MR) is 96.4 cm³/mol. The molecule has 2 rings (SSSR count). The lowest BCUT2D eigenvalue weighted by Gasteiger charge is -2.11. The number of ether oxygens (including phenoxy) is 1. The Morgan fingerprint density at radius 1 is 1.23 bits per heavy atom. The summed E-state index contributed by atoms with van der Waals surface area (Å²) in [7, 11) is 0. The predicted octanol–water partition coefficient (Wildman–Crippen LogP) is 5.02. The van der Waals surface area contributed by atoms with Crippen LogP contribution in [0.15, 0.2) is 52.0 Å². The number of nitrogens with zero attached hydrogens (tertiary/aromatic N) is 1. The van der Waals surface area contributed by atoms with Gasteiger partial charge in [0, 0.05) is 5.56 Å². The molecular weight excluding hydrogens is 413 g/mol. The average Bonchev–Trinajstić information content (AvgIpc) is 2.56. The average molecular weight is 429 g/mol. The van der Waals surface area contributed by atoms with Crippen molar-refractivity contribution in [2.75, 3.05) is 0 Å². The van der Waals surface area contributed by atoms with Crippen molar-refractivity contribution in [3.8, 4) is 5.75 Å². The van der Waals surface area contributed by atoms with Crippen LogP contribution < -0.4 is 10.2 Å². The molecule has 2 aromatic rings. The van der Waals surface area contributed by atoms with E-state index >= 15 is 0 Å². The molecular formula is C18H16BrF3N2O2. The van der Waals surface area contributed by atoms with Crippen LogP contribution in [-0.2, 0) is 6.18 Å². The van der Waals surface area contributed by atoms with E-state index in [1.807, 2.05) is 13.8 Å². The molecule has 1 N–H and O–H groups in total. The Morgan fingerprint density at radius 3 is 2.58 bits per heavy atom. The summed E-state index contributed by atoms with van der Waals surface area (Å²) in [5.41, 5.74) is 1.87. The fraction of sp³-hybridized carbons (Fsp3) is 0.222. The van der Waals surface area contributed by atoms with Gasteiger partial charge in [0.2, 0.25) is 0 Å². The zero-order chi connectivity index (χ0) is 19.3. The molecule has 0 unspecified atom stereocenters. The molecule has 0 saturated heterocycles. The number of rotatable bonds is 5. The van der Waals surface area contributed by atoms with E-state index in [9.17, 15) is 18.0 Å². The van der Waals surface area contributed by atoms with Crippen LogP contribution in [0.3, 0.4) is 0 Å². The second-order valence-electron chi connectivity index (χ2n) is 5.63. The molecule has 4 nitrogen and oxygen atoms in total. The summed E-state index contributed by atoms with van der Waals surface area (Å²) in [5, 5.41) is 3.77. The second kappa shape index (κ2) is 8.35. The number of benzene rings is 2. The third-order valence-electron chi connectivity index (χ3n) is 3.15. The molecule has 0 fully saturated rings. The number of carbonyl (C=O) groups excluding carboxylic acids is 1. The quantitative estimate of drug-likeness (QED) is 0.536. The summed E-state index contributed by atoms with van der Waals surface area (Å²) >= 11 is 3.38. The van der Waals surface area contributed by atoms with Crippen molar-refractivity contribution in [3.05, 3.63) is 63.6 Å². The third-order valence-corrected chi connectivity index (χ3v) is 3.77. The maximum atomic E-state index is 12.7. The molecule has 0 saturated carbocycles. The van der Waals surface area contributed by atoms with Gasteiger partial charge in [-0.15, -0.1) is 0 Å². The lowest BCUT2D eigenvalue weighted by molar-refractivity contribution is -0.137. The van der Waals surface area contributed by atoms with Gasteiger partial charge in [-0.1, -0.05) is 6.07 Å². The molecule has 0 spiro atoms. The van der Waals surface area contributed by atoms with Crippen molar-refractivity contribution >= 4 is 28.1 Å². The lowest BCUT2D eigenvalue weighted by atomic mass is 10.1. The van der Waals surface area contributed by atoms with Crippen LogP contribution in [0.5, 0.6) is 5.75 Å². The molecule has 0 aliphatic rings. The molecule has 138 valence electrons. The normalized spacial score (nSPS) is 11.8. The van der Waals surface area contributed by atoms with Gasteiger partial charge >= 0.3 is 6.18 Å². The third kappa shape index (κ3) is 5.59. The highest BCUT2D eigenvalue weighted by molar-refractivity contribution is 9.10. The van der Waals surface area contributed by atoms with Gasteiger partial charge in [-0.3, -0.25) is 4.79 Å². The Balaban J connectivity index is 2.04. The molecule has 8 heteroatoms. The summed E-state index contributed by atoms with van der Waals surface area (Å²) in [4.78, 5) is 11.9. The van der Waals surface area contributed by atoms with E-state index in [0.29, 0.717) is 11.3 Å². The van der Waals surface area contributed by atoms with Crippen LogP contribution in [0.1, 0.15) is 35.3 Å². The standard InChI is InChI=1S/C18H16BrF3N2O2/c1-11(2)26-16-7-6-12(8-15(16)19)10-23-24-17(25)13-4-3-5-14(9-13)18(20,21)22/h3-11H,1-2H3,(H,24,25)/b23-10-. The van der Waals surface area contributed by atoms with Crippen molar-refractivity contribution in [2.45, 2.75) is 26.1 Å².